The van der Waals surface area contributed by atoms with E-state index < -0.39 is 11.9 Å². The molecule has 31 heavy (non-hydrogen) atoms. The normalized spacial score (nSPS) is 15.2. The highest BCUT2D eigenvalue weighted by Crippen LogP contribution is 2.44. The monoisotopic (exact) mass is 414 g/mol. The van der Waals surface area contributed by atoms with Gasteiger partial charge in [0, 0.05) is 11.8 Å². The van der Waals surface area contributed by atoms with Gasteiger partial charge in [-0.05, 0) is 42.5 Å². The minimum absolute atomic E-state index is 0.00391. The van der Waals surface area contributed by atoms with Gasteiger partial charge in [0.2, 0.25) is 5.76 Å². The number of nitrogens with zero attached hydrogens (tertiary/aromatic N) is 2. The maximum Gasteiger partial charge on any atom is 0.296 e. The smallest absolute Gasteiger partial charge is 0.296 e. The summed E-state index contributed by atoms with van der Waals surface area (Å²) >= 11 is 0. The van der Waals surface area contributed by atoms with Crippen molar-refractivity contribution in [2.45, 2.75) is 6.04 Å². The zero-order valence-corrected chi connectivity index (χ0v) is 16.9. The van der Waals surface area contributed by atoms with Crippen LogP contribution in [0.25, 0.3) is 11.0 Å². The third-order valence-electron chi connectivity index (χ3n) is 5.41. The van der Waals surface area contributed by atoms with Crippen molar-refractivity contribution < 1.29 is 18.7 Å². The molecule has 0 fully saturated rings. The van der Waals surface area contributed by atoms with Crippen LogP contribution in [0.15, 0.2) is 76.1 Å². The number of para-hydroxylation sites is 1. The molecule has 0 spiro atoms. The highest BCUT2D eigenvalue weighted by atomic mass is 16.5. The number of anilines is 1. The van der Waals surface area contributed by atoms with E-state index in [4.69, 9.17) is 13.9 Å². The molecule has 0 N–H and O–H groups in total. The minimum Gasteiger partial charge on any atom is -0.497 e. The molecule has 1 aliphatic rings. The van der Waals surface area contributed by atoms with Crippen molar-refractivity contribution in [2.75, 3.05) is 19.1 Å². The Morgan fingerprint density at radius 1 is 0.968 bits per heavy atom. The molecule has 7 heteroatoms. The lowest BCUT2D eigenvalue weighted by Crippen LogP contribution is -2.30. The zero-order chi connectivity index (χ0) is 21.5. The van der Waals surface area contributed by atoms with Crippen molar-refractivity contribution >= 4 is 22.7 Å². The first-order valence-corrected chi connectivity index (χ1v) is 9.66. The fraction of sp³-hybridized carbons (Fsp3) is 0.125. The van der Waals surface area contributed by atoms with E-state index in [9.17, 15) is 9.59 Å². The maximum absolute atomic E-state index is 13.5. The predicted molar refractivity (Wildman–Crippen MR) is 115 cm³/mol. The fourth-order valence-corrected chi connectivity index (χ4v) is 4.00. The van der Waals surface area contributed by atoms with Gasteiger partial charge < -0.3 is 13.9 Å². The van der Waals surface area contributed by atoms with E-state index in [0.717, 1.165) is 0 Å². The fourth-order valence-electron chi connectivity index (χ4n) is 4.00. The summed E-state index contributed by atoms with van der Waals surface area (Å²) in [7, 11) is 3.09. The zero-order valence-electron chi connectivity index (χ0n) is 16.9. The molecule has 0 saturated carbocycles. The molecule has 0 radical (unpaired) electrons. The molecule has 4 aromatic rings. The van der Waals surface area contributed by atoms with E-state index in [-0.39, 0.29) is 16.8 Å². The van der Waals surface area contributed by atoms with Gasteiger partial charge in [0.05, 0.1) is 25.2 Å². The second-order valence-corrected chi connectivity index (χ2v) is 7.04. The molecule has 2 aromatic heterocycles. The van der Waals surface area contributed by atoms with Crippen molar-refractivity contribution in [3.05, 3.63) is 94.0 Å². The lowest BCUT2D eigenvalue weighted by molar-refractivity contribution is 0.0970. The Hall–Kier alpha value is -4.13. The molecule has 1 amide bonds. The molecule has 5 rings (SSSR count). The van der Waals surface area contributed by atoms with Crippen LogP contribution in [0.1, 0.15) is 27.7 Å². The number of amides is 1. The van der Waals surface area contributed by atoms with Crippen LogP contribution in [0.2, 0.25) is 0 Å². The van der Waals surface area contributed by atoms with Crippen LogP contribution in [-0.2, 0) is 0 Å². The third-order valence-corrected chi connectivity index (χ3v) is 5.41. The van der Waals surface area contributed by atoms with E-state index in [1.165, 1.54) is 12.0 Å². The Morgan fingerprint density at radius 3 is 2.52 bits per heavy atom. The van der Waals surface area contributed by atoms with E-state index in [1.54, 1.807) is 74.0 Å². The molecule has 2 aromatic carbocycles. The van der Waals surface area contributed by atoms with Crippen molar-refractivity contribution in [2.24, 2.45) is 0 Å². The summed E-state index contributed by atoms with van der Waals surface area (Å²) in [6.07, 6.45) is 1.59. The van der Waals surface area contributed by atoms with E-state index in [0.29, 0.717) is 33.8 Å². The van der Waals surface area contributed by atoms with Gasteiger partial charge in [-0.1, -0.05) is 18.2 Å². The number of pyridine rings is 1. The minimum atomic E-state index is -0.789. The lowest BCUT2D eigenvalue weighted by Gasteiger charge is -2.25. The molecule has 1 atom stereocenters. The number of hydrogen-bond donors (Lipinski definition) is 0. The molecule has 0 aliphatic carbocycles. The maximum atomic E-state index is 13.5. The first-order chi connectivity index (χ1) is 15.1. The Morgan fingerprint density at radius 2 is 1.77 bits per heavy atom. The molecule has 0 saturated heterocycles. The van der Waals surface area contributed by atoms with Crippen LogP contribution < -0.4 is 19.8 Å². The van der Waals surface area contributed by atoms with Gasteiger partial charge in [-0.25, -0.2) is 4.98 Å². The highest BCUT2D eigenvalue weighted by Gasteiger charge is 2.45. The predicted octanol–water partition coefficient (Wildman–Crippen LogP) is 3.96. The van der Waals surface area contributed by atoms with Crippen LogP contribution >= 0.6 is 0 Å². The molecule has 7 nitrogen and oxygen atoms in total. The summed E-state index contributed by atoms with van der Waals surface area (Å²) in [4.78, 5) is 32.9. The van der Waals surface area contributed by atoms with Gasteiger partial charge in [-0.3, -0.25) is 14.5 Å². The first-order valence-electron chi connectivity index (χ1n) is 9.66. The van der Waals surface area contributed by atoms with Gasteiger partial charge in [-0.15, -0.1) is 0 Å². The number of fused-ring (bicyclic) bond motifs is 2. The van der Waals surface area contributed by atoms with Crippen LogP contribution in [-0.4, -0.2) is 25.1 Å². The number of aromatic nitrogens is 1. The van der Waals surface area contributed by atoms with Crippen LogP contribution in [0.4, 0.5) is 5.82 Å². The summed E-state index contributed by atoms with van der Waals surface area (Å²) in [6.45, 7) is 0. The van der Waals surface area contributed by atoms with Gasteiger partial charge in [0.25, 0.3) is 5.91 Å². The molecule has 0 bridgehead atoms. The van der Waals surface area contributed by atoms with Crippen molar-refractivity contribution in [1.29, 1.82) is 0 Å². The van der Waals surface area contributed by atoms with E-state index in [1.807, 2.05) is 0 Å². The first kappa shape index (κ1) is 18.9. The van der Waals surface area contributed by atoms with Crippen LogP contribution in [0.5, 0.6) is 11.5 Å². The van der Waals surface area contributed by atoms with Gasteiger partial charge in [-0.2, -0.15) is 0 Å². The second-order valence-electron chi connectivity index (χ2n) is 7.04. The average molecular weight is 414 g/mol. The molecule has 1 aliphatic heterocycles. The number of hydrogen-bond acceptors (Lipinski definition) is 6. The molecular formula is C24H18N2O5. The van der Waals surface area contributed by atoms with E-state index >= 15 is 0 Å². The average Bonchev–Trinajstić information content (AvgIpc) is 3.11. The largest absolute Gasteiger partial charge is 0.497 e. The number of carbonyl (C=O) groups excluding carboxylic acids is 1. The number of rotatable bonds is 4. The lowest BCUT2D eigenvalue weighted by atomic mass is 9.97. The number of benzene rings is 2. The number of ether oxygens (including phenoxy) is 2. The Balaban J connectivity index is 1.86. The van der Waals surface area contributed by atoms with Crippen molar-refractivity contribution in [3.8, 4) is 11.5 Å². The van der Waals surface area contributed by atoms with Gasteiger partial charge in [0.1, 0.15) is 28.9 Å². The Bertz CT molecular complexity index is 1360. The Labute approximate surface area is 177 Å². The summed E-state index contributed by atoms with van der Waals surface area (Å²) in [5.74, 6) is 1.05. The number of carbonyl (C=O) groups is 1. The second kappa shape index (κ2) is 7.28. The molecule has 3 heterocycles. The molecule has 154 valence electrons. The topological polar surface area (TPSA) is 81.9 Å². The van der Waals surface area contributed by atoms with Gasteiger partial charge in [0.15, 0.2) is 5.43 Å². The summed E-state index contributed by atoms with van der Waals surface area (Å²) in [5, 5.41) is 0.406. The number of methoxy groups -OCH3 is 2. The third kappa shape index (κ3) is 2.85. The molecule has 1 unspecified atom stereocenters. The highest BCUT2D eigenvalue weighted by molar-refractivity contribution is 6.10. The van der Waals surface area contributed by atoms with Crippen molar-refractivity contribution in [3.63, 3.8) is 0 Å². The quantitative estimate of drug-likeness (QED) is 0.503. The SMILES string of the molecule is COc1ccc(OC)c(C2c3c(oc4ccccc4c3=O)C(=O)N2c2ccccn2)c1. The summed E-state index contributed by atoms with van der Waals surface area (Å²) in [5.41, 5.74) is 0.945. The Kier molecular flexibility index (Phi) is 4.43. The summed E-state index contributed by atoms with van der Waals surface area (Å²) in [6, 6.07) is 16.6. The van der Waals surface area contributed by atoms with Crippen molar-refractivity contribution in [1.82, 2.24) is 4.98 Å². The van der Waals surface area contributed by atoms with Crippen LogP contribution in [0, 0.1) is 0 Å². The van der Waals surface area contributed by atoms with E-state index in [2.05, 4.69) is 4.98 Å². The molecular weight excluding hydrogens is 396 g/mol. The van der Waals surface area contributed by atoms with Crippen LogP contribution in [0.3, 0.4) is 0 Å². The summed E-state index contributed by atoms with van der Waals surface area (Å²) < 4.78 is 16.9. The van der Waals surface area contributed by atoms with Gasteiger partial charge >= 0.3 is 0 Å². The standard InChI is InChI=1S/C24H18N2O5/c1-29-14-10-11-17(30-2)16(13-14)21-20-22(27)15-7-3-4-8-18(15)31-23(20)24(28)26(21)19-9-5-6-12-25-19/h3-13,21H,1-2H3.